The minimum absolute atomic E-state index is 0.101. The third-order valence-corrected chi connectivity index (χ3v) is 4.23. The first-order chi connectivity index (χ1) is 11.5. The van der Waals surface area contributed by atoms with Gasteiger partial charge in [0.05, 0.1) is 9.90 Å². The molecule has 2 aromatic heterocycles. The number of hydrogen-bond acceptors (Lipinski definition) is 6. The lowest BCUT2D eigenvalue weighted by Gasteiger charge is -2.04. The topological polar surface area (TPSA) is 77.2 Å². The minimum atomic E-state index is -0.510. The fourth-order valence-electron chi connectivity index (χ4n) is 1.70. The number of benzene rings is 1. The fraction of sp³-hybridized carbons (Fsp3) is 0.0714. The van der Waals surface area contributed by atoms with Gasteiger partial charge in [-0.05, 0) is 30.3 Å². The lowest BCUT2D eigenvalue weighted by Crippen LogP contribution is -2.20. The average molecular weight is 388 g/mol. The quantitative estimate of drug-likeness (QED) is 0.707. The first-order valence-electron chi connectivity index (χ1n) is 6.48. The molecule has 1 N–H and O–H groups in total. The highest BCUT2D eigenvalue weighted by Crippen LogP contribution is 2.37. The predicted molar refractivity (Wildman–Crippen MR) is 88.2 cm³/mol. The molecule has 0 atom stereocenters. The van der Waals surface area contributed by atoms with Crippen LogP contribution in [0.2, 0.25) is 8.67 Å². The van der Waals surface area contributed by atoms with Crippen molar-refractivity contribution in [1.82, 2.24) is 10.2 Å². The van der Waals surface area contributed by atoms with Crippen LogP contribution >= 0.6 is 34.5 Å². The Labute approximate surface area is 149 Å². The maximum atomic E-state index is 12.8. The van der Waals surface area contributed by atoms with Gasteiger partial charge in [-0.2, -0.15) is 0 Å². The van der Waals surface area contributed by atoms with Crippen LogP contribution in [-0.4, -0.2) is 22.7 Å². The van der Waals surface area contributed by atoms with Crippen LogP contribution in [-0.2, 0) is 4.79 Å². The number of nitrogens with one attached hydrogen (secondary N) is 1. The SMILES string of the molecule is O=C(COc1ccc(F)cc1)Nc1nnc(-c2cc(Cl)sc2Cl)o1. The number of nitrogens with zero attached hydrogens (tertiary/aromatic N) is 2. The smallest absolute Gasteiger partial charge is 0.322 e. The van der Waals surface area contributed by atoms with Crippen molar-refractivity contribution >= 4 is 46.5 Å². The zero-order chi connectivity index (χ0) is 17.1. The van der Waals surface area contributed by atoms with Crippen molar-refractivity contribution in [2.24, 2.45) is 0 Å². The molecule has 0 aliphatic rings. The van der Waals surface area contributed by atoms with E-state index in [-0.39, 0.29) is 18.5 Å². The van der Waals surface area contributed by atoms with Gasteiger partial charge in [0.25, 0.3) is 11.8 Å². The summed E-state index contributed by atoms with van der Waals surface area (Å²) in [5.74, 6) is -0.406. The Hall–Kier alpha value is -2.16. The fourth-order valence-corrected chi connectivity index (χ4v) is 3.15. The highest BCUT2D eigenvalue weighted by atomic mass is 35.5. The molecular formula is C14H8Cl2FN3O3S. The number of hydrogen-bond donors (Lipinski definition) is 1. The lowest BCUT2D eigenvalue weighted by atomic mass is 10.3. The van der Waals surface area contributed by atoms with Crippen molar-refractivity contribution < 1.29 is 18.3 Å². The van der Waals surface area contributed by atoms with Gasteiger partial charge in [-0.1, -0.05) is 28.3 Å². The van der Waals surface area contributed by atoms with Gasteiger partial charge in [0.1, 0.15) is 15.9 Å². The van der Waals surface area contributed by atoms with E-state index < -0.39 is 11.7 Å². The van der Waals surface area contributed by atoms with Crippen LogP contribution in [0.3, 0.4) is 0 Å². The molecule has 0 saturated heterocycles. The molecule has 0 saturated carbocycles. The highest BCUT2D eigenvalue weighted by molar-refractivity contribution is 7.20. The van der Waals surface area contributed by atoms with Gasteiger partial charge in [-0.15, -0.1) is 16.4 Å². The van der Waals surface area contributed by atoms with E-state index in [0.717, 1.165) is 11.3 Å². The molecule has 0 bridgehead atoms. The van der Waals surface area contributed by atoms with Crippen molar-refractivity contribution in [2.45, 2.75) is 0 Å². The van der Waals surface area contributed by atoms with Crippen molar-refractivity contribution in [3.63, 3.8) is 0 Å². The molecule has 24 heavy (non-hydrogen) atoms. The maximum absolute atomic E-state index is 12.8. The Bertz CT molecular complexity index is 867. The Morgan fingerprint density at radius 2 is 2.04 bits per heavy atom. The van der Waals surface area contributed by atoms with Gasteiger partial charge in [0.2, 0.25) is 0 Å². The number of thiophene rings is 1. The van der Waals surface area contributed by atoms with E-state index >= 15 is 0 Å². The van der Waals surface area contributed by atoms with Crippen LogP contribution in [0.4, 0.5) is 10.4 Å². The maximum Gasteiger partial charge on any atom is 0.322 e. The summed E-state index contributed by atoms with van der Waals surface area (Å²) >= 11 is 13.0. The van der Waals surface area contributed by atoms with E-state index in [4.69, 9.17) is 32.4 Å². The van der Waals surface area contributed by atoms with Crippen molar-refractivity contribution in [1.29, 1.82) is 0 Å². The molecule has 0 spiro atoms. The summed E-state index contributed by atoms with van der Waals surface area (Å²) in [4.78, 5) is 11.8. The van der Waals surface area contributed by atoms with E-state index in [2.05, 4.69) is 15.5 Å². The second-order valence-corrected chi connectivity index (χ2v) is 6.73. The van der Waals surface area contributed by atoms with Gasteiger partial charge in [0, 0.05) is 0 Å². The van der Waals surface area contributed by atoms with Crippen molar-refractivity contribution in [3.8, 4) is 17.2 Å². The minimum Gasteiger partial charge on any atom is -0.484 e. The molecule has 10 heteroatoms. The Morgan fingerprint density at radius 3 is 2.71 bits per heavy atom. The Kier molecular flexibility index (Phi) is 4.98. The number of carbonyl (C=O) groups is 1. The van der Waals surface area contributed by atoms with Crippen LogP contribution in [0.15, 0.2) is 34.7 Å². The Balaban J connectivity index is 1.59. The van der Waals surface area contributed by atoms with Crippen LogP contribution in [0.25, 0.3) is 11.5 Å². The summed E-state index contributed by atoms with van der Waals surface area (Å²) in [5.41, 5.74) is 0.488. The molecule has 3 rings (SSSR count). The first kappa shape index (κ1) is 16.7. The van der Waals surface area contributed by atoms with E-state index in [0.29, 0.717) is 20.0 Å². The molecule has 0 aliphatic carbocycles. The second-order valence-electron chi connectivity index (χ2n) is 4.44. The molecular weight excluding hydrogens is 380 g/mol. The zero-order valence-electron chi connectivity index (χ0n) is 11.8. The van der Waals surface area contributed by atoms with Gasteiger partial charge >= 0.3 is 6.01 Å². The lowest BCUT2D eigenvalue weighted by molar-refractivity contribution is -0.118. The number of rotatable bonds is 5. The molecule has 1 amide bonds. The van der Waals surface area contributed by atoms with Gasteiger partial charge in [0.15, 0.2) is 6.61 Å². The molecule has 0 fully saturated rings. The standard InChI is InChI=1S/C14H8Cl2FN3O3S/c15-10-5-9(12(16)24-10)13-19-20-14(23-13)18-11(21)6-22-8-3-1-7(17)2-4-8/h1-5H,6H2,(H,18,20,21). The molecule has 3 aromatic rings. The third-order valence-electron chi connectivity index (χ3n) is 2.74. The van der Waals surface area contributed by atoms with E-state index in [1.165, 1.54) is 24.3 Å². The van der Waals surface area contributed by atoms with Crippen molar-refractivity contribution in [2.75, 3.05) is 11.9 Å². The van der Waals surface area contributed by atoms with Crippen LogP contribution in [0, 0.1) is 5.82 Å². The number of carbonyl (C=O) groups excluding carboxylic acids is 1. The number of ether oxygens (including phenoxy) is 1. The number of halogens is 3. The summed E-state index contributed by atoms with van der Waals surface area (Å²) in [5, 5.41) is 9.88. The third kappa shape index (κ3) is 4.02. The van der Waals surface area contributed by atoms with E-state index in [1.54, 1.807) is 6.07 Å². The van der Waals surface area contributed by atoms with Gasteiger partial charge < -0.3 is 9.15 Å². The molecule has 124 valence electrons. The highest BCUT2D eigenvalue weighted by Gasteiger charge is 2.16. The summed E-state index contributed by atoms with van der Waals surface area (Å²) in [6.45, 7) is -0.297. The summed E-state index contributed by atoms with van der Waals surface area (Å²) < 4.78 is 24.2. The molecule has 2 heterocycles. The molecule has 0 aliphatic heterocycles. The number of amides is 1. The zero-order valence-corrected chi connectivity index (χ0v) is 14.1. The predicted octanol–water partition coefficient (Wildman–Crippen LogP) is 4.26. The normalized spacial score (nSPS) is 10.6. The van der Waals surface area contributed by atoms with Gasteiger partial charge in [-0.25, -0.2) is 4.39 Å². The summed E-state index contributed by atoms with van der Waals surface area (Å²) in [7, 11) is 0. The second kappa shape index (κ2) is 7.16. The Morgan fingerprint density at radius 1 is 1.29 bits per heavy atom. The van der Waals surface area contributed by atoms with Crippen LogP contribution in [0.1, 0.15) is 0 Å². The van der Waals surface area contributed by atoms with E-state index in [9.17, 15) is 9.18 Å². The van der Waals surface area contributed by atoms with Crippen LogP contribution in [0.5, 0.6) is 5.75 Å². The van der Waals surface area contributed by atoms with Crippen LogP contribution < -0.4 is 10.1 Å². The molecule has 0 unspecified atom stereocenters. The molecule has 6 nitrogen and oxygen atoms in total. The van der Waals surface area contributed by atoms with Gasteiger partial charge in [-0.3, -0.25) is 10.1 Å². The van der Waals surface area contributed by atoms with Crippen molar-refractivity contribution in [3.05, 3.63) is 44.8 Å². The monoisotopic (exact) mass is 387 g/mol. The average Bonchev–Trinajstić information content (AvgIpc) is 3.12. The van der Waals surface area contributed by atoms with E-state index in [1.807, 2.05) is 0 Å². The number of anilines is 1. The molecule has 1 aromatic carbocycles. The summed E-state index contributed by atoms with van der Waals surface area (Å²) in [6.07, 6.45) is 0. The largest absolute Gasteiger partial charge is 0.484 e. The summed E-state index contributed by atoms with van der Waals surface area (Å²) in [6, 6.07) is 6.77. The number of aromatic nitrogens is 2. The first-order valence-corrected chi connectivity index (χ1v) is 8.05. The molecule has 0 radical (unpaired) electrons.